The molecule has 1 aliphatic heterocycles. The third-order valence-corrected chi connectivity index (χ3v) is 3.41. The summed E-state index contributed by atoms with van der Waals surface area (Å²) in [6, 6.07) is 1.47. The standard InChI is InChI=1S/C12H13Cl2N3O4/c1-21-11(19)8-4-7(18)5-17(8)12(20)15-6-2-9(13)16-10(14)3-6/h2-3,7-8,18H,4-5H2,1H3,(H,15,16,20)/t7-,8+/m1/s1. The second-order valence-electron chi connectivity index (χ2n) is 4.51. The van der Waals surface area contributed by atoms with Crippen molar-refractivity contribution in [3.05, 3.63) is 22.4 Å². The number of rotatable bonds is 2. The van der Waals surface area contributed by atoms with Gasteiger partial charge in [-0.25, -0.2) is 14.6 Å². The first-order valence-electron chi connectivity index (χ1n) is 6.07. The fraction of sp³-hybridized carbons (Fsp3) is 0.417. The van der Waals surface area contributed by atoms with Crippen molar-refractivity contribution in [1.82, 2.24) is 9.88 Å². The summed E-state index contributed by atoms with van der Waals surface area (Å²) in [5.41, 5.74) is 0.343. The molecule has 0 aliphatic carbocycles. The van der Waals surface area contributed by atoms with Gasteiger partial charge in [0.05, 0.1) is 13.2 Å². The monoisotopic (exact) mass is 333 g/mol. The number of halogens is 2. The molecule has 21 heavy (non-hydrogen) atoms. The molecule has 0 spiro atoms. The van der Waals surface area contributed by atoms with Gasteiger partial charge in [0.1, 0.15) is 16.3 Å². The second-order valence-corrected chi connectivity index (χ2v) is 5.29. The molecule has 7 nitrogen and oxygen atoms in total. The van der Waals surface area contributed by atoms with Crippen LogP contribution in [0.3, 0.4) is 0 Å². The van der Waals surface area contributed by atoms with Gasteiger partial charge in [0.2, 0.25) is 0 Å². The molecule has 2 rings (SSSR count). The number of aliphatic hydroxyl groups is 1. The van der Waals surface area contributed by atoms with E-state index in [1.54, 1.807) is 0 Å². The Morgan fingerprint density at radius 3 is 2.62 bits per heavy atom. The average molecular weight is 334 g/mol. The van der Waals surface area contributed by atoms with Crippen molar-refractivity contribution < 1.29 is 19.4 Å². The predicted molar refractivity (Wildman–Crippen MR) is 76.4 cm³/mol. The van der Waals surface area contributed by atoms with Crippen LogP contribution in [-0.2, 0) is 9.53 Å². The number of hydrogen-bond donors (Lipinski definition) is 2. The summed E-state index contributed by atoms with van der Waals surface area (Å²) in [7, 11) is 1.23. The quantitative estimate of drug-likeness (QED) is 0.632. The number of nitrogens with zero attached hydrogens (tertiary/aromatic N) is 2. The van der Waals surface area contributed by atoms with Crippen LogP contribution in [0.5, 0.6) is 0 Å². The lowest BCUT2D eigenvalue weighted by Crippen LogP contribution is -2.43. The van der Waals surface area contributed by atoms with Gasteiger partial charge in [-0.15, -0.1) is 0 Å². The highest BCUT2D eigenvalue weighted by atomic mass is 35.5. The molecule has 0 aromatic carbocycles. The number of urea groups is 1. The van der Waals surface area contributed by atoms with Gasteiger partial charge in [-0.1, -0.05) is 23.2 Å². The molecular formula is C12H13Cl2N3O4. The highest BCUT2D eigenvalue weighted by molar-refractivity contribution is 6.32. The fourth-order valence-electron chi connectivity index (χ4n) is 2.13. The van der Waals surface area contributed by atoms with E-state index in [0.717, 1.165) is 0 Å². The largest absolute Gasteiger partial charge is 0.467 e. The minimum absolute atomic E-state index is 0.0398. The zero-order valence-electron chi connectivity index (χ0n) is 11.0. The zero-order valence-corrected chi connectivity index (χ0v) is 12.6. The molecule has 0 radical (unpaired) electrons. The molecule has 9 heteroatoms. The molecule has 2 amide bonds. The van der Waals surface area contributed by atoms with Gasteiger partial charge in [0.15, 0.2) is 0 Å². The summed E-state index contributed by atoms with van der Waals surface area (Å²) in [4.78, 5) is 28.8. The van der Waals surface area contributed by atoms with Crippen LogP contribution in [0.15, 0.2) is 12.1 Å². The Hall–Kier alpha value is -1.57. The van der Waals surface area contributed by atoms with E-state index in [1.165, 1.54) is 24.1 Å². The van der Waals surface area contributed by atoms with Gasteiger partial charge in [-0.2, -0.15) is 0 Å². The Bertz CT molecular complexity index is 549. The number of ether oxygens (including phenoxy) is 1. The number of aliphatic hydroxyl groups excluding tert-OH is 1. The lowest BCUT2D eigenvalue weighted by atomic mass is 10.2. The van der Waals surface area contributed by atoms with E-state index in [-0.39, 0.29) is 23.3 Å². The van der Waals surface area contributed by atoms with Crippen molar-refractivity contribution in [3.63, 3.8) is 0 Å². The molecule has 1 aromatic rings. The van der Waals surface area contributed by atoms with Crippen molar-refractivity contribution >= 4 is 40.9 Å². The number of nitrogens with one attached hydrogen (secondary N) is 1. The minimum atomic E-state index is -0.821. The minimum Gasteiger partial charge on any atom is -0.467 e. The predicted octanol–water partition coefficient (Wildman–Crippen LogP) is 1.53. The van der Waals surface area contributed by atoms with Gasteiger partial charge in [0, 0.05) is 18.7 Å². The molecule has 0 bridgehead atoms. The van der Waals surface area contributed by atoms with Crippen LogP contribution < -0.4 is 5.32 Å². The SMILES string of the molecule is COC(=O)[C@@H]1C[C@@H](O)CN1C(=O)Nc1cc(Cl)nc(Cl)c1. The number of pyridine rings is 1. The normalized spacial score (nSPS) is 21.2. The Morgan fingerprint density at radius 1 is 1.43 bits per heavy atom. The Kier molecular flexibility index (Phi) is 4.87. The van der Waals surface area contributed by atoms with Crippen LogP contribution in [0.4, 0.5) is 10.5 Å². The van der Waals surface area contributed by atoms with Gasteiger partial charge >= 0.3 is 12.0 Å². The van der Waals surface area contributed by atoms with Crippen LogP contribution in [0, 0.1) is 0 Å². The van der Waals surface area contributed by atoms with E-state index in [4.69, 9.17) is 23.2 Å². The van der Waals surface area contributed by atoms with E-state index in [9.17, 15) is 14.7 Å². The van der Waals surface area contributed by atoms with Crippen molar-refractivity contribution in [3.8, 4) is 0 Å². The lowest BCUT2D eigenvalue weighted by Gasteiger charge is -2.22. The van der Waals surface area contributed by atoms with Gasteiger partial charge in [0.25, 0.3) is 0 Å². The molecule has 0 saturated carbocycles. The summed E-state index contributed by atoms with van der Waals surface area (Å²) in [5, 5.41) is 12.4. The van der Waals surface area contributed by atoms with E-state index >= 15 is 0 Å². The van der Waals surface area contributed by atoms with Gasteiger partial charge in [-0.05, 0) is 12.1 Å². The number of likely N-dealkylation sites (tertiary alicyclic amines) is 1. The molecule has 1 saturated heterocycles. The molecule has 1 fully saturated rings. The van der Waals surface area contributed by atoms with Crippen LogP contribution >= 0.6 is 23.2 Å². The molecule has 2 heterocycles. The molecule has 1 aromatic heterocycles. The van der Waals surface area contributed by atoms with E-state index in [1.807, 2.05) is 0 Å². The number of amides is 2. The van der Waals surface area contributed by atoms with Crippen LogP contribution in [-0.4, -0.2) is 52.8 Å². The number of carbonyl (C=O) groups is 2. The summed E-state index contributed by atoms with van der Waals surface area (Å²) < 4.78 is 4.63. The number of hydrogen-bond acceptors (Lipinski definition) is 5. The molecule has 0 unspecified atom stereocenters. The summed E-state index contributed by atoms with van der Waals surface area (Å²) in [6.07, 6.45) is -0.637. The summed E-state index contributed by atoms with van der Waals surface area (Å²) in [6.45, 7) is 0.0398. The maximum atomic E-state index is 12.2. The topological polar surface area (TPSA) is 91.8 Å². The number of β-amino-alcohol motifs (C(OH)–C–C–N with tert-alkyl or cyclic N) is 1. The molecule has 2 atom stereocenters. The van der Waals surface area contributed by atoms with Crippen LogP contribution in [0.2, 0.25) is 10.3 Å². The van der Waals surface area contributed by atoms with E-state index in [2.05, 4.69) is 15.0 Å². The zero-order chi connectivity index (χ0) is 15.6. The van der Waals surface area contributed by atoms with Crippen molar-refractivity contribution in [1.29, 1.82) is 0 Å². The molecule has 1 aliphatic rings. The van der Waals surface area contributed by atoms with Crippen LogP contribution in [0.25, 0.3) is 0 Å². The maximum Gasteiger partial charge on any atom is 0.328 e. The molecular weight excluding hydrogens is 321 g/mol. The van der Waals surface area contributed by atoms with Crippen molar-refractivity contribution in [2.45, 2.75) is 18.6 Å². The fourth-order valence-corrected chi connectivity index (χ4v) is 2.59. The average Bonchev–Trinajstić information content (AvgIpc) is 2.78. The first kappa shape index (κ1) is 15.8. The highest BCUT2D eigenvalue weighted by Crippen LogP contribution is 2.22. The molecule has 114 valence electrons. The van der Waals surface area contributed by atoms with Crippen molar-refractivity contribution in [2.24, 2.45) is 0 Å². The highest BCUT2D eigenvalue weighted by Gasteiger charge is 2.39. The van der Waals surface area contributed by atoms with E-state index < -0.39 is 24.1 Å². The number of anilines is 1. The number of methoxy groups -OCH3 is 1. The smallest absolute Gasteiger partial charge is 0.328 e. The maximum absolute atomic E-state index is 12.2. The Labute approximate surface area is 130 Å². The number of aromatic nitrogens is 1. The first-order chi connectivity index (χ1) is 9.90. The molecule has 2 N–H and O–H groups in total. The van der Waals surface area contributed by atoms with Gasteiger partial charge in [-0.3, -0.25) is 0 Å². The number of carbonyl (C=O) groups excluding carboxylic acids is 2. The number of esters is 1. The van der Waals surface area contributed by atoms with Crippen molar-refractivity contribution in [2.75, 3.05) is 19.0 Å². The lowest BCUT2D eigenvalue weighted by molar-refractivity contribution is -0.144. The Balaban J connectivity index is 2.13. The third-order valence-electron chi connectivity index (χ3n) is 3.03. The first-order valence-corrected chi connectivity index (χ1v) is 6.83. The van der Waals surface area contributed by atoms with Crippen LogP contribution in [0.1, 0.15) is 6.42 Å². The second kappa shape index (κ2) is 6.46. The third kappa shape index (κ3) is 3.75. The summed E-state index contributed by atoms with van der Waals surface area (Å²) in [5.74, 6) is -0.576. The van der Waals surface area contributed by atoms with Gasteiger partial charge < -0.3 is 20.1 Å². The van der Waals surface area contributed by atoms with E-state index in [0.29, 0.717) is 5.69 Å². The summed E-state index contributed by atoms with van der Waals surface area (Å²) >= 11 is 11.5. The Morgan fingerprint density at radius 2 is 2.05 bits per heavy atom.